The number of hydrogen-bond donors (Lipinski definition) is 0. The van der Waals surface area contributed by atoms with Crippen molar-refractivity contribution in [2.45, 2.75) is 12.5 Å². The van der Waals surface area contributed by atoms with E-state index in [-0.39, 0.29) is 23.5 Å². The Bertz CT molecular complexity index is 1070. The molecule has 0 bridgehead atoms. The molecule has 140 valence electrons. The number of halogens is 1. The Labute approximate surface area is 171 Å². The number of hydrogen-bond acceptors (Lipinski definition) is 6. The van der Waals surface area contributed by atoms with Gasteiger partial charge in [-0.3, -0.25) is 9.69 Å². The Balaban J connectivity index is 1.57. The number of carbonyl (C=O) groups is 1. The van der Waals surface area contributed by atoms with Crippen molar-refractivity contribution >= 4 is 61.7 Å². The third kappa shape index (κ3) is 3.85. The van der Waals surface area contributed by atoms with E-state index in [1.165, 1.54) is 4.90 Å². The Morgan fingerprint density at radius 3 is 2.81 bits per heavy atom. The number of benzene rings is 1. The lowest BCUT2D eigenvalue weighted by Gasteiger charge is -2.20. The zero-order valence-corrected chi connectivity index (χ0v) is 17.1. The molecule has 0 unspecified atom stereocenters. The van der Waals surface area contributed by atoms with Gasteiger partial charge >= 0.3 is 0 Å². The second-order valence-electron chi connectivity index (χ2n) is 6.32. The number of sulfone groups is 1. The first-order valence-corrected chi connectivity index (χ1v) is 11.6. The molecule has 2 aromatic rings. The van der Waals surface area contributed by atoms with E-state index >= 15 is 0 Å². The number of thiocarbonyl (C=S) groups is 1. The molecule has 1 aromatic carbocycles. The lowest BCUT2D eigenvalue weighted by Crippen LogP contribution is -2.39. The molecule has 0 N–H and O–H groups in total. The van der Waals surface area contributed by atoms with Crippen molar-refractivity contribution in [2.75, 3.05) is 11.5 Å². The summed E-state index contributed by atoms with van der Waals surface area (Å²) in [5.74, 6) is 0.944. The van der Waals surface area contributed by atoms with Crippen LogP contribution in [0.1, 0.15) is 12.2 Å². The minimum absolute atomic E-state index is 0.0353. The first-order valence-electron chi connectivity index (χ1n) is 8.16. The fourth-order valence-electron chi connectivity index (χ4n) is 3.13. The number of thioether (sulfide) groups is 1. The van der Waals surface area contributed by atoms with Crippen LogP contribution in [-0.2, 0) is 14.6 Å². The highest BCUT2D eigenvalue weighted by Crippen LogP contribution is 2.37. The minimum atomic E-state index is -3.10. The van der Waals surface area contributed by atoms with Gasteiger partial charge < -0.3 is 4.42 Å². The summed E-state index contributed by atoms with van der Waals surface area (Å²) >= 11 is 12.5. The van der Waals surface area contributed by atoms with Crippen LogP contribution in [0.25, 0.3) is 17.4 Å². The molecule has 0 aliphatic carbocycles. The number of carbonyl (C=O) groups excluding carboxylic acids is 1. The molecule has 1 amide bonds. The molecule has 2 aliphatic rings. The fourth-order valence-corrected chi connectivity index (χ4v) is 6.40. The highest BCUT2D eigenvalue weighted by molar-refractivity contribution is 8.26. The monoisotopic (exact) mass is 439 g/mol. The van der Waals surface area contributed by atoms with E-state index in [0.29, 0.717) is 32.2 Å². The zero-order valence-electron chi connectivity index (χ0n) is 13.9. The van der Waals surface area contributed by atoms with E-state index < -0.39 is 9.84 Å². The molecule has 1 atom stereocenters. The number of rotatable bonds is 3. The van der Waals surface area contributed by atoms with Gasteiger partial charge in [-0.15, -0.1) is 0 Å². The molecule has 0 saturated carbocycles. The molecule has 0 spiro atoms. The maximum Gasteiger partial charge on any atom is 0.266 e. The predicted octanol–water partition coefficient (Wildman–Crippen LogP) is 3.99. The summed E-state index contributed by atoms with van der Waals surface area (Å²) in [7, 11) is -3.10. The van der Waals surface area contributed by atoms with E-state index in [1.807, 2.05) is 18.2 Å². The Morgan fingerprint density at radius 2 is 2.11 bits per heavy atom. The van der Waals surface area contributed by atoms with Gasteiger partial charge in [0.2, 0.25) is 0 Å². The van der Waals surface area contributed by atoms with Gasteiger partial charge in [0.05, 0.1) is 22.5 Å². The van der Waals surface area contributed by atoms with Crippen LogP contribution < -0.4 is 0 Å². The maximum atomic E-state index is 12.7. The standard InChI is InChI=1S/C18H14ClNO4S3/c19-12-3-1-2-11(8-12)15-5-4-14(24-15)9-16-17(21)20(18(25)26-16)13-6-7-27(22,23)10-13/h1-5,8-9,13H,6-7,10H2/b16-9+/t13-/m0/s1. The smallest absolute Gasteiger partial charge is 0.266 e. The summed E-state index contributed by atoms with van der Waals surface area (Å²) in [4.78, 5) is 14.6. The van der Waals surface area contributed by atoms with Crippen molar-refractivity contribution in [1.29, 1.82) is 0 Å². The topological polar surface area (TPSA) is 67.6 Å². The van der Waals surface area contributed by atoms with Crippen LogP contribution >= 0.6 is 35.6 Å². The third-order valence-electron chi connectivity index (χ3n) is 4.41. The molecule has 0 radical (unpaired) electrons. The van der Waals surface area contributed by atoms with Crippen molar-refractivity contribution in [3.8, 4) is 11.3 Å². The van der Waals surface area contributed by atoms with E-state index in [2.05, 4.69) is 0 Å². The molecule has 2 fully saturated rings. The van der Waals surface area contributed by atoms with Crippen LogP contribution in [0.15, 0.2) is 45.7 Å². The Hall–Kier alpha value is -1.61. The summed E-state index contributed by atoms with van der Waals surface area (Å²) in [5, 5.41) is 0.609. The van der Waals surface area contributed by atoms with Crippen molar-refractivity contribution < 1.29 is 17.6 Å². The van der Waals surface area contributed by atoms with Crippen molar-refractivity contribution in [1.82, 2.24) is 4.90 Å². The van der Waals surface area contributed by atoms with Crippen LogP contribution in [0.2, 0.25) is 5.02 Å². The summed E-state index contributed by atoms with van der Waals surface area (Å²) in [6.45, 7) is 0. The summed E-state index contributed by atoms with van der Waals surface area (Å²) < 4.78 is 29.6. The first-order chi connectivity index (χ1) is 12.8. The van der Waals surface area contributed by atoms with Crippen LogP contribution in [0.4, 0.5) is 0 Å². The lowest BCUT2D eigenvalue weighted by atomic mass is 10.2. The molecule has 2 saturated heterocycles. The molecule has 9 heteroatoms. The molecular formula is C18H14ClNO4S3. The largest absolute Gasteiger partial charge is 0.457 e. The second-order valence-corrected chi connectivity index (χ2v) is 10.7. The van der Waals surface area contributed by atoms with Gasteiger partial charge in [-0.25, -0.2) is 8.42 Å². The van der Waals surface area contributed by atoms with E-state index in [1.54, 1.807) is 24.3 Å². The van der Waals surface area contributed by atoms with Gasteiger partial charge in [0.1, 0.15) is 15.8 Å². The summed E-state index contributed by atoms with van der Waals surface area (Å²) in [6.07, 6.45) is 2.05. The van der Waals surface area contributed by atoms with Crippen LogP contribution in [0.5, 0.6) is 0 Å². The first kappa shape index (κ1) is 18.7. The number of amides is 1. The normalized spacial score (nSPS) is 23.5. The van der Waals surface area contributed by atoms with Crippen molar-refractivity contribution in [2.24, 2.45) is 0 Å². The lowest BCUT2D eigenvalue weighted by molar-refractivity contribution is -0.123. The van der Waals surface area contributed by atoms with Crippen LogP contribution in [-0.4, -0.2) is 41.1 Å². The second kappa shape index (κ2) is 7.09. The van der Waals surface area contributed by atoms with Gasteiger partial charge in [0.25, 0.3) is 5.91 Å². The SMILES string of the molecule is O=C1/C(=C\c2ccc(-c3cccc(Cl)c3)o2)SC(=S)N1[C@H]1CCS(=O)(=O)C1. The van der Waals surface area contributed by atoms with E-state index in [4.69, 9.17) is 28.2 Å². The van der Waals surface area contributed by atoms with Gasteiger partial charge in [-0.05, 0) is 30.7 Å². The average Bonchev–Trinajstić information content (AvgIpc) is 3.27. The van der Waals surface area contributed by atoms with Gasteiger partial charge in [0.15, 0.2) is 9.84 Å². The van der Waals surface area contributed by atoms with Crippen molar-refractivity contribution in [3.05, 3.63) is 52.1 Å². The molecule has 4 rings (SSSR count). The molecular weight excluding hydrogens is 426 g/mol. The Morgan fingerprint density at radius 1 is 1.30 bits per heavy atom. The summed E-state index contributed by atoms with van der Waals surface area (Å²) in [5.41, 5.74) is 0.839. The highest BCUT2D eigenvalue weighted by Gasteiger charge is 2.42. The maximum absolute atomic E-state index is 12.7. The molecule has 2 aliphatic heterocycles. The van der Waals surface area contributed by atoms with E-state index in [9.17, 15) is 13.2 Å². The predicted molar refractivity (Wildman–Crippen MR) is 111 cm³/mol. The highest BCUT2D eigenvalue weighted by atomic mass is 35.5. The molecule has 1 aromatic heterocycles. The molecule has 5 nitrogen and oxygen atoms in total. The minimum Gasteiger partial charge on any atom is -0.457 e. The zero-order chi connectivity index (χ0) is 19.2. The van der Waals surface area contributed by atoms with Gasteiger partial charge in [0, 0.05) is 16.7 Å². The van der Waals surface area contributed by atoms with Gasteiger partial charge in [-0.1, -0.05) is 47.7 Å². The molecule has 3 heterocycles. The quantitative estimate of drug-likeness (QED) is 0.532. The summed E-state index contributed by atoms with van der Waals surface area (Å²) in [6, 6.07) is 10.5. The number of furan rings is 1. The van der Waals surface area contributed by atoms with E-state index in [0.717, 1.165) is 17.3 Å². The van der Waals surface area contributed by atoms with Crippen molar-refractivity contribution in [3.63, 3.8) is 0 Å². The third-order valence-corrected chi connectivity index (χ3v) is 7.72. The van der Waals surface area contributed by atoms with Gasteiger partial charge in [-0.2, -0.15) is 0 Å². The number of nitrogens with zero attached hydrogens (tertiary/aromatic N) is 1. The average molecular weight is 440 g/mol. The van der Waals surface area contributed by atoms with Crippen LogP contribution in [0, 0.1) is 0 Å². The van der Waals surface area contributed by atoms with Crippen LogP contribution in [0.3, 0.4) is 0 Å². The Kier molecular flexibility index (Phi) is 4.92. The molecule has 27 heavy (non-hydrogen) atoms. The fraction of sp³-hybridized carbons (Fsp3) is 0.222.